The molecule has 118 valence electrons. The van der Waals surface area contributed by atoms with Gasteiger partial charge in [-0.3, -0.25) is 9.89 Å². The van der Waals surface area contributed by atoms with Gasteiger partial charge in [-0.25, -0.2) is 4.98 Å². The predicted molar refractivity (Wildman–Crippen MR) is 80.3 cm³/mol. The van der Waals surface area contributed by atoms with Crippen LogP contribution in [0.2, 0.25) is 0 Å². The maximum atomic E-state index is 12.5. The van der Waals surface area contributed by atoms with Crippen molar-refractivity contribution in [2.75, 3.05) is 13.2 Å². The number of nitrogens with one attached hydrogen (secondary N) is 2. The molecule has 0 aromatic carbocycles. The zero-order valence-corrected chi connectivity index (χ0v) is 12.9. The van der Waals surface area contributed by atoms with E-state index in [1.54, 1.807) is 12.3 Å². The first kappa shape index (κ1) is 14.8. The summed E-state index contributed by atoms with van der Waals surface area (Å²) in [6, 6.07) is 1.61. The van der Waals surface area contributed by atoms with E-state index < -0.39 is 0 Å². The highest BCUT2D eigenvalue weighted by molar-refractivity contribution is 5.92. The minimum atomic E-state index is -0.177. The minimum Gasteiger partial charge on any atom is -0.381 e. The monoisotopic (exact) mass is 303 g/mol. The molecule has 1 saturated heterocycles. The van der Waals surface area contributed by atoms with E-state index in [-0.39, 0.29) is 11.9 Å². The fourth-order valence-corrected chi connectivity index (χ4v) is 2.87. The summed E-state index contributed by atoms with van der Waals surface area (Å²) in [4.78, 5) is 16.9. The molecule has 1 fully saturated rings. The molecule has 1 aliphatic rings. The van der Waals surface area contributed by atoms with E-state index in [1.165, 1.54) is 0 Å². The molecule has 0 radical (unpaired) electrons. The smallest absolute Gasteiger partial charge is 0.272 e. The number of carbonyl (C=O) groups is 1. The summed E-state index contributed by atoms with van der Waals surface area (Å²) >= 11 is 0. The molecule has 0 aliphatic carbocycles. The van der Waals surface area contributed by atoms with Crippen molar-refractivity contribution in [3.05, 3.63) is 35.7 Å². The van der Waals surface area contributed by atoms with Gasteiger partial charge < -0.3 is 14.6 Å². The molecule has 3 heterocycles. The Balaban J connectivity index is 1.82. The number of aromatic amines is 1. The van der Waals surface area contributed by atoms with Gasteiger partial charge in [0.25, 0.3) is 5.91 Å². The maximum Gasteiger partial charge on any atom is 0.272 e. The Morgan fingerprint density at radius 1 is 1.50 bits per heavy atom. The normalized spacial score (nSPS) is 17.4. The number of imidazole rings is 1. The summed E-state index contributed by atoms with van der Waals surface area (Å²) < 4.78 is 7.39. The van der Waals surface area contributed by atoms with Gasteiger partial charge in [-0.2, -0.15) is 5.10 Å². The second kappa shape index (κ2) is 6.31. The van der Waals surface area contributed by atoms with E-state index in [1.807, 2.05) is 24.7 Å². The average Bonchev–Trinajstić information content (AvgIpc) is 3.14. The van der Waals surface area contributed by atoms with Gasteiger partial charge >= 0.3 is 0 Å². The Labute approximate surface area is 129 Å². The molecule has 2 aromatic heterocycles. The molecule has 0 bridgehead atoms. The fraction of sp³-hybridized carbons (Fsp3) is 0.533. The van der Waals surface area contributed by atoms with Gasteiger partial charge in [0, 0.05) is 38.3 Å². The Bertz CT molecular complexity index is 642. The lowest BCUT2D eigenvalue weighted by molar-refractivity contribution is 0.0498. The second-order valence-corrected chi connectivity index (χ2v) is 5.73. The summed E-state index contributed by atoms with van der Waals surface area (Å²) in [5.74, 6) is 1.01. The van der Waals surface area contributed by atoms with Gasteiger partial charge in [0.2, 0.25) is 0 Å². The zero-order chi connectivity index (χ0) is 15.5. The highest BCUT2D eigenvalue weighted by Gasteiger charge is 2.30. The molecule has 1 amide bonds. The van der Waals surface area contributed by atoms with Crippen molar-refractivity contribution in [2.24, 2.45) is 13.0 Å². The van der Waals surface area contributed by atoms with Crippen molar-refractivity contribution in [3.63, 3.8) is 0 Å². The highest BCUT2D eigenvalue weighted by Crippen LogP contribution is 2.29. The maximum absolute atomic E-state index is 12.5. The van der Waals surface area contributed by atoms with Gasteiger partial charge in [0.1, 0.15) is 11.5 Å². The van der Waals surface area contributed by atoms with E-state index in [4.69, 9.17) is 4.74 Å². The molecule has 0 spiro atoms. The van der Waals surface area contributed by atoms with Crippen LogP contribution < -0.4 is 5.32 Å². The molecule has 2 aromatic rings. The summed E-state index contributed by atoms with van der Waals surface area (Å²) in [5.41, 5.74) is 1.27. The summed E-state index contributed by atoms with van der Waals surface area (Å²) in [6.07, 6.45) is 5.48. The number of hydrogen-bond acceptors (Lipinski definition) is 4. The topological polar surface area (TPSA) is 84.8 Å². The third kappa shape index (κ3) is 3.04. The van der Waals surface area contributed by atoms with Crippen LogP contribution in [-0.4, -0.2) is 38.9 Å². The number of nitrogens with zero attached hydrogens (tertiary/aromatic N) is 3. The van der Waals surface area contributed by atoms with Crippen molar-refractivity contribution in [3.8, 4) is 0 Å². The van der Waals surface area contributed by atoms with Crippen LogP contribution in [0.3, 0.4) is 0 Å². The van der Waals surface area contributed by atoms with Gasteiger partial charge in [0.05, 0.1) is 6.04 Å². The number of carbonyl (C=O) groups excluding carboxylic acids is 1. The number of amides is 1. The number of hydrogen-bond donors (Lipinski definition) is 2. The molecule has 7 heteroatoms. The molecule has 22 heavy (non-hydrogen) atoms. The van der Waals surface area contributed by atoms with Crippen LogP contribution in [0.4, 0.5) is 0 Å². The number of ether oxygens (including phenoxy) is 1. The Morgan fingerprint density at radius 3 is 2.86 bits per heavy atom. The van der Waals surface area contributed by atoms with E-state index in [9.17, 15) is 4.79 Å². The number of aryl methyl sites for hydroxylation is 2. The highest BCUT2D eigenvalue weighted by atomic mass is 16.5. The van der Waals surface area contributed by atoms with Crippen molar-refractivity contribution in [1.29, 1.82) is 0 Å². The molecule has 0 unspecified atom stereocenters. The Hall–Kier alpha value is -2.15. The Morgan fingerprint density at radius 2 is 2.27 bits per heavy atom. The molecule has 7 nitrogen and oxygen atoms in total. The van der Waals surface area contributed by atoms with Crippen molar-refractivity contribution < 1.29 is 9.53 Å². The average molecular weight is 303 g/mol. The van der Waals surface area contributed by atoms with Crippen LogP contribution >= 0.6 is 0 Å². The third-order valence-corrected chi connectivity index (χ3v) is 4.10. The standard InChI is InChI=1S/C15H21N5O2/c1-10-9-12(19-18-10)15(21)17-13(11-3-7-22-8-4-11)14-16-5-6-20(14)2/h5-6,9,11,13H,3-4,7-8H2,1-2H3,(H,17,21)(H,18,19)/t13-/m0/s1. The van der Waals surface area contributed by atoms with Gasteiger partial charge in [0.15, 0.2) is 0 Å². The number of rotatable bonds is 4. The predicted octanol–water partition coefficient (Wildman–Crippen LogP) is 1.35. The molecule has 1 aliphatic heterocycles. The van der Waals surface area contributed by atoms with E-state index in [0.29, 0.717) is 11.6 Å². The molecule has 0 saturated carbocycles. The summed E-state index contributed by atoms with van der Waals surface area (Å²) in [6.45, 7) is 3.32. The second-order valence-electron chi connectivity index (χ2n) is 5.73. The molecule has 1 atom stereocenters. The first-order valence-electron chi connectivity index (χ1n) is 7.53. The van der Waals surface area contributed by atoms with Gasteiger partial charge in [-0.1, -0.05) is 0 Å². The van der Waals surface area contributed by atoms with Crippen molar-refractivity contribution in [2.45, 2.75) is 25.8 Å². The molecular weight excluding hydrogens is 282 g/mol. The van der Waals surface area contributed by atoms with Crippen molar-refractivity contribution in [1.82, 2.24) is 25.1 Å². The van der Waals surface area contributed by atoms with Crippen LogP contribution in [0.25, 0.3) is 0 Å². The van der Waals surface area contributed by atoms with E-state index >= 15 is 0 Å². The summed E-state index contributed by atoms with van der Waals surface area (Å²) in [5, 5.41) is 9.92. The van der Waals surface area contributed by atoms with E-state index in [2.05, 4.69) is 20.5 Å². The number of aromatic nitrogens is 4. The SMILES string of the molecule is Cc1cc(C(=O)N[C@H](c2nccn2C)C2CCOCC2)n[nH]1. The van der Waals surface area contributed by atoms with Crippen LogP contribution in [0.15, 0.2) is 18.5 Å². The molecular formula is C15H21N5O2. The van der Waals surface area contributed by atoms with Crippen LogP contribution in [0.1, 0.15) is 40.9 Å². The first-order chi connectivity index (χ1) is 10.6. The lowest BCUT2D eigenvalue weighted by atomic mass is 9.91. The quantitative estimate of drug-likeness (QED) is 0.893. The van der Waals surface area contributed by atoms with Crippen molar-refractivity contribution >= 4 is 5.91 Å². The largest absolute Gasteiger partial charge is 0.381 e. The minimum absolute atomic E-state index is 0.131. The molecule has 3 rings (SSSR count). The fourth-order valence-electron chi connectivity index (χ4n) is 2.87. The third-order valence-electron chi connectivity index (χ3n) is 4.10. The first-order valence-corrected chi connectivity index (χ1v) is 7.53. The van der Waals surface area contributed by atoms with Gasteiger partial charge in [-0.15, -0.1) is 0 Å². The van der Waals surface area contributed by atoms with Gasteiger partial charge in [-0.05, 0) is 31.7 Å². The lowest BCUT2D eigenvalue weighted by Crippen LogP contribution is -2.37. The zero-order valence-electron chi connectivity index (χ0n) is 12.9. The lowest BCUT2D eigenvalue weighted by Gasteiger charge is -2.30. The van der Waals surface area contributed by atoms with E-state index in [0.717, 1.165) is 37.6 Å². The van der Waals surface area contributed by atoms with Crippen LogP contribution in [0.5, 0.6) is 0 Å². The number of H-pyrrole nitrogens is 1. The Kier molecular flexibility index (Phi) is 4.24. The van der Waals surface area contributed by atoms with Crippen LogP contribution in [0, 0.1) is 12.8 Å². The molecule has 2 N–H and O–H groups in total. The van der Waals surface area contributed by atoms with Crippen LogP contribution in [-0.2, 0) is 11.8 Å². The summed E-state index contributed by atoms with van der Waals surface area (Å²) in [7, 11) is 1.94.